The summed E-state index contributed by atoms with van der Waals surface area (Å²) in [4.78, 5) is 0. The lowest BCUT2D eigenvalue weighted by molar-refractivity contribution is 0.233. The van der Waals surface area contributed by atoms with Crippen LogP contribution < -0.4 is 0 Å². The van der Waals surface area contributed by atoms with Crippen molar-refractivity contribution < 1.29 is 0 Å². The van der Waals surface area contributed by atoms with Crippen LogP contribution in [0.5, 0.6) is 0 Å². The molecule has 0 spiro atoms. The number of halogens is 2. The molecule has 1 aliphatic rings. The van der Waals surface area contributed by atoms with Crippen LogP contribution in [0.15, 0.2) is 16.8 Å². The minimum Gasteiger partial charge on any atom is -0.152 e. The molecule has 1 heterocycles. The van der Waals surface area contributed by atoms with E-state index in [9.17, 15) is 0 Å². The molecule has 2 rings (SSSR count). The molecule has 0 unspecified atom stereocenters. The van der Waals surface area contributed by atoms with Crippen LogP contribution in [-0.2, 0) is 6.42 Å². The molecule has 0 N–H and O–H groups in total. The molecule has 0 nitrogen and oxygen atoms in total. The van der Waals surface area contributed by atoms with Crippen molar-refractivity contribution in [3.63, 3.8) is 0 Å². The summed E-state index contributed by atoms with van der Waals surface area (Å²) in [6, 6.07) is 2.28. The zero-order chi connectivity index (χ0) is 11.4. The van der Waals surface area contributed by atoms with Crippen molar-refractivity contribution in [3.8, 4) is 0 Å². The molecule has 1 fully saturated rings. The van der Waals surface area contributed by atoms with E-state index in [4.69, 9.17) is 0 Å². The van der Waals surface area contributed by atoms with Gasteiger partial charge in [0.2, 0.25) is 0 Å². The van der Waals surface area contributed by atoms with E-state index in [0.29, 0.717) is 5.41 Å². The molecule has 90 valence electrons. The van der Waals surface area contributed by atoms with Gasteiger partial charge in [-0.05, 0) is 53.0 Å². The van der Waals surface area contributed by atoms with Crippen LogP contribution in [0.1, 0.15) is 31.2 Å². The molecule has 0 amide bonds. The van der Waals surface area contributed by atoms with Crippen LogP contribution in [0.4, 0.5) is 0 Å². The molecule has 0 aromatic carbocycles. The van der Waals surface area contributed by atoms with Crippen molar-refractivity contribution >= 4 is 43.2 Å². The molecule has 16 heavy (non-hydrogen) atoms. The zero-order valence-electron chi connectivity index (χ0n) is 9.42. The van der Waals surface area contributed by atoms with Crippen LogP contribution >= 0.6 is 43.2 Å². The highest BCUT2D eigenvalue weighted by atomic mass is 79.9. The first-order chi connectivity index (χ1) is 7.80. The maximum absolute atomic E-state index is 3.76. The topological polar surface area (TPSA) is 0 Å². The predicted molar refractivity (Wildman–Crippen MR) is 80.0 cm³/mol. The van der Waals surface area contributed by atoms with E-state index in [1.165, 1.54) is 37.7 Å². The second kappa shape index (κ2) is 6.01. The minimum absolute atomic E-state index is 0.428. The van der Waals surface area contributed by atoms with E-state index in [1.807, 2.05) is 11.3 Å². The zero-order valence-corrected chi connectivity index (χ0v) is 13.4. The molecule has 1 aromatic heterocycles. The van der Waals surface area contributed by atoms with Gasteiger partial charge in [-0.15, -0.1) is 0 Å². The molecule has 0 atom stereocenters. The summed E-state index contributed by atoms with van der Waals surface area (Å²) in [5, 5.41) is 6.73. The molecule has 1 aliphatic carbocycles. The number of thiophene rings is 1. The Bertz CT molecular complexity index is 298. The van der Waals surface area contributed by atoms with Gasteiger partial charge in [0.05, 0.1) is 0 Å². The third-order valence-electron chi connectivity index (χ3n) is 3.89. The smallest absolute Gasteiger partial charge is 0.0102 e. The fourth-order valence-corrected chi connectivity index (χ4v) is 5.74. The number of hydrogen-bond donors (Lipinski definition) is 0. The van der Waals surface area contributed by atoms with E-state index in [0.717, 1.165) is 16.6 Å². The second-order valence-electron chi connectivity index (χ2n) is 4.92. The van der Waals surface area contributed by atoms with E-state index >= 15 is 0 Å². The third kappa shape index (κ3) is 2.73. The van der Waals surface area contributed by atoms with Crippen LogP contribution in [0, 0.1) is 11.3 Å². The molecule has 1 saturated carbocycles. The average molecular weight is 366 g/mol. The Morgan fingerprint density at radius 3 is 2.44 bits per heavy atom. The van der Waals surface area contributed by atoms with Crippen molar-refractivity contribution in [1.29, 1.82) is 0 Å². The first-order valence-electron chi connectivity index (χ1n) is 5.94. The molecule has 0 radical (unpaired) electrons. The standard InChI is InChI=1S/C13H18Br2S/c14-9-13(10-15,12-3-1-2-4-12)7-11-5-6-16-8-11/h5-6,8,12H,1-4,7,9-10H2. The quantitative estimate of drug-likeness (QED) is 0.624. The van der Waals surface area contributed by atoms with Gasteiger partial charge in [0, 0.05) is 10.7 Å². The highest BCUT2D eigenvalue weighted by Crippen LogP contribution is 2.44. The maximum Gasteiger partial charge on any atom is 0.0102 e. The van der Waals surface area contributed by atoms with Gasteiger partial charge in [0.1, 0.15) is 0 Å². The first kappa shape index (κ1) is 13.1. The summed E-state index contributed by atoms with van der Waals surface area (Å²) >= 11 is 9.34. The highest BCUT2D eigenvalue weighted by Gasteiger charge is 2.38. The summed E-state index contributed by atoms with van der Waals surface area (Å²) in [6.07, 6.45) is 6.91. The monoisotopic (exact) mass is 364 g/mol. The largest absolute Gasteiger partial charge is 0.152 e. The molecule has 0 saturated heterocycles. The Kier molecular flexibility index (Phi) is 4.92. The van der Waals surface area contributed by atoms with Gasteiger partial charge in [0.25, 0.3) is 0 Å². The van der Waals surface area contributed by atoms with Crippen LogP contribution in [-0.4, -0.2) is 10.7 Å². The Balaban J connectivity index is 2.13. The molecular formula is C13H18Br2S. The van der Waals surface area contributed by atoms with Gasteiger partial charge in [0.15, 0.2) is 0 Å². The van der Waals surface area contributed by atoms with Gasteiger partial charge >= 0.3 is 0 Å². The van der Waals surface area contributed by atoms with E-state index < -0.39 is 0 Å². The van der Waals surface area contributed by atoms with E-state index in [-0.39, 0.29) is 0 Å². The number of alkyl halides is 2. The van der Waals surface area contributed by atoms with Crippen molar-refractivity contribution in [2.24, 2.45) is 11.3 Å². The van der Waals surface area contributed by atoms with Crippen LogP contribution in [0.25, 0.3) is 0 Å². The third-order valence-corrected chi connectivity index (χ3v) is 6.86. The molecule has 1 aromatic rings. The van der Waals surface area contributed by atoms with E-state index in [2.05, 4.69) is 48.7 Å². The molecule has 0 bridgehead atoms. The second-order valence-corrected chi connectivity index (χ2v) is 6.82. The summed E-state index contributed by atoms with van der Waals surface area (Å²) < 4.78 is 0. The normalized spacial score (nSPS) is 18.1. The predicted octanol–water partition coefficient (Wildman–Crippen LogP) is 5.26. The molecular weight excluding hydrogens is 348 g/mol. The maximum atomic E-state index is 3.76. The van der Waals surface area contributed by atoms with Gasteiger partial charge in [-0.25, -0.2) is 0 Å². The lowest BCUT2D eigenvalue weighted by atomic mass is 9.74. The Morgan fingerprint density at radius 1 is 1.25 bits per heavy atom. The van der Waals surface area contributed by atoms with Crippen LogP contribution in [0.3, 0.4) is 0 Å². The minimum atomic E-state index is 0.428. The Labute approximate surface area is 119 Å². The highest BCUT2D eigenvalue weighted by molar-refractivity contribution is 9.09. The Morgan fingerprint density at radius 2 is 1.94 bits per heavy atom. The number of rotatable bonds is 5. The van der Waals surface area contributed by atoms with Crippen molar-refractivity contribution in [1.82, 2.24) is 0 Å². The summed E-state index contributed by atoms with van der Waals surface area (Å²) in [6.45, 7) is 0. The Hall–Kier alpha value is 0.660. The van der Waals surface area contributed by atoms with Crippen molar-refractivity contribution in [2.45, 2.75) is 32.1 Å². The lowest BCUT2D eigenvalue weighted by Crippen LogP contribution is -2.35. The molecule has 0 aliphatic heterocycles. The average Bonchev–Trinajstić information content (AvgIpc) is 2.99. The fraction of sp³-hybridized carbons (Fsp3) is 0.692. The lowest BCUT2D eigenvalue weighted by Gasteiger charge is -2.36. The summed E-state index contributed by atoms with van der Waals surface area (Å²) in [5.41, 5.74) is 1.94. The van der Waals surface area contributed by atoms with Gasteiger partial charge in [-0.3, -0.25) is 0 Å². The van der Waals surface area contributed by atoms with Crippen molar-refractivity contribution in [2.75, 3.05) is 10.7 Å². The van der Waals surface area contributed by atoms with Gasteiger partial charge in [-0.2, -0.15) is 11.3 Å². The van der Waals surface area contributed by atoms with Gasteiger partial charge in [-0.1, -0.05) is 44.7 Å². The van der Waals surface area contributed by atoms with Gasteiger partial charge < -0.3 is 0 Å². The fourth-order valence-electron chi connectivity index (χ4n) is 2.83. The van der Waals surface area contributed by atoms with Crippen LogP contribution in [0.2, 0.25) is 0 Å². The van der Waals surface area contributed by atoms with E-state index in [1.54, 1.807) is 0 Å². The SMILES string of the molecule is BrCC(CBr)(Cc1ccsc1)C1CCCC1. The summed E-state index contributed by atoms with van der Waals surface area (Å²) in [7, 11) is 0. The molecule has 3 heteroatoms. The number of hydrogen-bond acceptors (Lipinski definition) is 1. The summed E-state index contributed by atoms with van der Waals surface area (Å²) in [5.74, 6) is 0.895. The van der Waals surface area contributed by atoms with Crippen molar-refractivity contribution in [3.05, 3.63) is 22.4 Å². The first-order valence-corrected chi connectivity index (χ1v) is 9.12.